The van der Waals surface area contributed by atoms with Crippen LogP contribution in [0.1, 0.15) is 25.8 Å². The lowest BCUT2D eigenvalue weighted by atomic mass is 9.87. The van der Waals surface area contributed by atoms with Crippen molar-refractivity contribution >= 4 is 11.7 Å². The first-order valence-electron chi connectivity index (χ1n) is 6.71. The number of methoxy groups -OCH3 is 1. The van der Waals surface area contributed by atoms with Gasteiger partial charge in [0.25, 0.3) is 0 Å². The molecular formula is C15H22N2O2. The van der Waals surface area contributed by atoms with E-state index in [-0.39, 0.29) is 11.6 Å². The summed E-state index contributed by atoms with van der Waals surface area (Å²) in [6.45, 7) is 5.28. The largest absolute Gasteiger partial charge is 0.383 e. The molecule has 0 spiro atoms. The number of carbonyl (C=O) groups is 1. The number of para-hydroxylation sites is 1. The monoisotopic (exact) mass is 262 g/mol. The van der Waals surface area contributed by atoms with Gasteiger partial charge in [0, 0.05) is 24.9 Å². The second-order valence-corrected chi connectivity index (χ2v) is 5.50. The maximum absolute atomic E-state index is 12.4. The minimum atomic E-state index is -0.161. The van der Waals surface area contributed by atoms with Gasteiger partial charge in [-0.3, -0.25) is 4.90 Å². The highest BCUT2D eigenvalue weighted by molar-refractivity contribution is 5.94. The SMILES string of the molecule is COCCNC(=O)N1c2ccccc2CCC1(C)C. The normalized spacial score (nSPS) is 16.9. The number of ether oxygens (including phenoxy) is 1. The first kappa shape index (κ1) is 13.9. The van der Waals surface area contributed by atoms with Crippen LogP contribution in [0.5, 0.6) is 0 Å². The summed E-state index contributed by atoms with van der Waals surface area (Å²) in [5.74, 6) is 0. The Balaban J connectivity index is 2.22. The second kappa shape index (κ2) is 5.61. The molecule has 2 rings (SSSR count). The van der Waals surface area contributed by atoms with E-state index in [1.165, 1.54) is 5.56 Å². The van der Waals surface area contributed by atoms with Gasteiger partial charge in [-0.05, 0) is 38.3 Å². The van der Waals surface area contributed by atoms with Crippen LogP contribution < -0.4 is 10.2 Å². The third-order valence-electron chi connectivity index (χ3n) is 3.63. The number of benzene rings is 1. The van der Waals surface area contributed by atoms with Crippen LogP contribution in [0.15, 0.2) is 24.3 Å². The lowest BCUT2D eigenvalue weighted by Gasteiger charge is -2.43. The molecule has 0 fully saturated rings. The van der Waals surface area contributed by atoms with E-state index < -0.39 is 0 Å². The summed E-state index contributed by atoms with van der Waals surface area (Å²) in [6, 6.07) is 8.08. The lowest BCUT2D eigenvalue weighted by Crippen LogP contribution is -2.55. The molecule has 0 radical (unpaired) electrons. The maximum atomic E-state index is 12.4. The molecule has 0 unspecified atom stereocenters. The van der Waals surface area contributed by atoms with Gasteiger partial charge in [0.15, 0.2) is 0 Å². The van der Waals surface area contributed by atoms with Gasteiger partial charge in [-0.2, -0.15) is 0 Å². The Hall–Kier alpha value is -1.55. The standard InChI is InChI=1S/C15H22N2O2/c1-15(2)9-8-12-6-4-5-7-13(12)17(15)14(18)16-10-11-19-3/h4-7H,8-11H2,1-3H3,(H,16,18). The van der Waals surface area contributed by atoms with E-state index in [1.807, 2.05) is 23.1 Å². The van der Waals surface area contributed by atoms with Crippen LogP contribution in [0, 0.1) is 0 Å². The Morgan fingerprint density at radius 1 is 1.42 bits per heavy atom. The zero-order chi connectivity index (χ0) is 13.9. The van der Waals surface area contributed by atoms with Crippen LogP contribution in [-0.4, -0.2) is 31.8 Å². The first-order valence-corrected chi connectivity index (χ1v) is 6.71. The quantitative estimate of drug-likeness (QED) is 0.851. The summed E-state index contributed by atoms with van der Waals surface area (Å²) in [7, 11) is 1.63. The summed E-state index contributed by atoms with van der Waals surface area (Å²) < 4.78 is 4.97. The summed E-state index contributed by atoms with van der Waals surface area (Å²) in [5.41, 5.74) is 2.10. The number of urea groups is 1. The summed E-state index contributed by atoms with van der Waals surface area (Å²) in [6.07, 6.45) is 1.99. The average molecular weight is 262 g/mol. The molecule has 4 nitrogen and oxygen atoms in total. The van der Waals surface area contributed by atoms with Gasteiger partial charge >= 0.3 is 6.03 Å². The van der Waals surface area contributed by atoms with Crippen molar-refractivity contribution in [1.29, 1.82) is 0 Å². The fraction of sp³-hybridized carbons (Fsp3) is 0.533. The molecule has 0 aliphatic carbocycles. The fourth-order valence-corrected chi connectivity index (χ4v) is 2.54. The van der Waals surface area contributed by atoms with Crippen LogP contribution >= 0.6 is 0 Å². The molecular weight excluding hydrogens is 240 g/mol. The molecule has 2 amide bonds. The third-order valence-corrected chi connectivity index (χ3v) is 3.63. The molecule has 0 saturated carbocycles. The highest BCUT2D eigenvalue weighted by Gasteiger charge is 2.36. The van der Waals surface area contributed by atoms with Crippen molar-refractivity contribution < 1.29 is 9.53 Å². The van der Waals surface area contributed by atoms with Crippen molar-refractivity contribution in [3.8, 4) is 0 Å². The van der Waals surface area contributed by atoms with Crippen LogP contribution in [0.4, 0.5) is 10.5 Å². The van der Waals surface area contributed by atoms with Gasteiger partial charge in [-0.25, -0.2) is 4.79 Å². The van der Waals surface area contributed by atoms with Gasteiger partial charge in [0.05, 0.1) is 6.61 Å². The van der Waals surface area contributed by atoms with E-state index in [0.717, 1.165) is 18.5 Å². The van der Waals surface area contributed by atoms with Crippen molar-refractivity contribution in [2.24, 2.45) is 0 Å². The molecule has 19 heavy (non-hydrogen) atoms. The van der Waals surface area contributed by atoms with Gasteiger partial charge in [-0.1, -0.05) is 18.2 Å². The van der Waals surface area contributed by atoms with Crippen molar-refractivity contribution in [3.05, 3.63) is 29.8 Å². The van der Waals surface area contributed by atoms with Crippen LogP contribution in [0.3, 0.4) is 0 Å². The van der Waals surface area contributed by atoms with Gasteiger partial charge in [0.1, 0.15) is 0 Å². The number of hydrogen-bond donors (Lipinski definition) is 1. The van der Waals surface area contributed by atoms with E-state index in [4.69, 9.17) is 4.74 Å². The number of hydrogen-bond acceptors (Lipinski definition) is 2. The number of aryl methyl sites for hydroxylation is 1. The number of nitrogens with one attached hydrogen (secondary N) is 1. The molecule has 1 aliphatic rings. The predicted molar refractivity (Wildman–Crippen MR) is 76.6 cm³/mol. The topological polar surface area (TPSA) is 41.6 Å². The molecule has 0 bridgehead atoms. The Morgan fingerprint density at radius 3 is 2.89 bits per heavy atom. The molecule has 1 aromatic rings. The highest BCUT2D eigenvalue weighted by atomic mass is 16.5. The lowest BCUT2D eigenvalue weighted by molar-refractivity contribution is 0.195. The smallest absolute Gasteiger partial charge is 0.322 e. The number of carbonyl (C=O) groups excluding carboxylic acids is 1. The van der Waals surface area contributed by atoms with Gasteiger partial charge in [0.2, 0.25) is 0 Å². The number of fused-ring (bicyclic) bond motifs is 1. The molecule has 0 atom stereocenters. The first-order chi connectivity index (χ1) is 9.06. The highest BCUT2D eigenvalue weighted by Crippen LogP contribution is 2.36. The molecule has 0 saturated heterocycles. The van der Waals surface area contributed by atoms with E-state index in [9.17, 15) is 4.79 Å². The Bertz CT molecular complexity index is 457. The van der Waals surface area contributed by atoms with E-state index >= 15 is 0 Å². The third kappa shape index (κ3) is 2.89. The van der Waals surface area contributed by atoms with Crippen molar-refractivity contribution in [1.82, 2.24) is 5.32 Å². The van der Waals surface area contributed by atoms with Crippen LogP contribution in [0.2, 0.25) is 0 Å². The zero-order valence-corrected chi connectivity index (χ0v) is 11.9. The number of nitrogens with zero attached hydrogens (tertiary/aromatic N) is 1. The summed E-state index contributed by atoms with van der Waals surface area (Å²) in [4.78, 5) is 14.3. The molecule has 1 heterocycles. The molecule has 1 aliphatic heterocycles. The second-order valence-electron chi connectivity index (χ2n) is 5.50. The Labute approximate surface area is 114 Å². The predicted octanol–water partition coefficient (Wildman–Crippen LogP) is 2.57. The van der Waals surface area contributed by atoms with Gasteiger partial charge < -0.3 is 10.1 Å². The zero-order valence-electron chi connectivity index (χ0n) is 11.9. The van der Waals surface area contributed by atoms with Crippen LogP contribution in [0.25, 0.3) is 0 Å². The Kier molecular flexibility index (Phi) is 4.10. The minimum absolute atomic E-state index is 0.0470. The molecule has 1 N–H and O–H groups in total. The van der Waals surface area contributed by atoms with Crippen molar-refractivity contribution in [2.45, 2.75) is 32.2 Å². The number of anilines is 1. The summed E-state index contributed by atoms with van der Waals surface area (Å²) >= 11 is 0. The minimum Gasteiger partial charge on any atom is -0.383 e. The molecule has 1 aromatic carbocycles. The van der Waals surface area contributed by atoms with Gasteiger partial charge in [-0.15, -0.1) is 0 Å². The molecule has 0 aromatic heterocycles. The molecule has 4 heteroatoms. The summed E-state index contributed by atoms with van der Waals surface area (Å²) in [5, 5.41) is 2.91. The maximum Gasteiger partial charge on any atom is 0.322 e. The number of rotatable bonds is 3. The van der Waals surface area contributed by atoms with Crippen LogP contribution in [-0.2, 0) is 11.2 Å². The van der Waals surface area contributed by atoms with E-state index in [0.29, 0.717) is 13.2 Å². The molecule has 104 valence electrons. The fourth-order valence-electron chi connectivity index (χ4n) is 2.54. The van der Waals surface area contributed by atoms with Crippen molar-refractivity contribution in [3.63, 3.8) is 0 Å². The average Bonchev–Trinajstić information content (AvgIpc) is 2.38. The Morgan fingerprint density at radius 2 is 2.16 bits per heavy atom. The van der Waals surface area contributed by atoms with E-state index in [2.05, 4.69) is 25.2 Å². The van der Waals surface area contributed by atoms with Crippen molar-refractivity contribution in [2.75, 3.05) is 25.2 Å². The van der Waals surface area contributed by atoms with E-state index in [1.54, 1.807) is 7.11 Å². The number of amides is 2.